The monoisotopic (exact) mass is 360 g/mol. The molecule has 26 heavy (non-hydrogen) atoms. The number of rotatable bonds is 5. The van der Waals surface area contributed by atoms with Gasteiger partial charge in [0.15, 0.2) is 0 Å². The van der Waals surface area contributed by atoms with E-state index in [4.69, 9.17) is 9.26 Å². The number of piperidine rings is 1. The van der Waals surface area contributed by atoms with Crippen LogP contribution in [0.1, 0.15) is 37.1 Å². The number of aromatic nitrogens is 2. The lowest BCUT2D eigenvalue weighted by molar-refractivity contribution is 0.0742. The van der Waals surface area contributed by atoms with Crippen LogP contribution in [0.2, 0.25) is 0 Å². The molecule has 0 aliphatic carbocycles. The average Bonchev–Trinajstić information content (AvgIpc) is 3.13. The van der Waals surface area contributed by atoms with Gasteiger partial charge >= 0.3 is 0 Å². The quantitative estimate of drug-likeness (QED) is 0.884. The fourth-order valence-electron chi connectivity index (χ4n) is 3.72. The zero-order valence-electron chi connectivity index (χ0n) is 14.9. The molecule has 1 aromatic carbocycles. The van der Waals surface area contributed by atoms with Gasteiger partial charge in [-0.25, -0.2) is 4.39 Å². The van der Waals surface area contributed by atoms with Crippen LogP contribution in [0.4, 0.5) is 10.3 Å². The maximum atomic E-state index is 13.0. The maximum absolute atomic E-state index is 13.0. The molecule has 0 amide bonds. The van der Waals surface area contributed by atoms with Crippen molar-refractivity contribution >= 4 is 5.95 Å². The van der Waals surface area contributed by atoms with Crippen LogP contribution in [0.5, 0.6) is 0 Å². The minimum atomic E-state index is -0.239. The number of benzene rings is 1. The zero-order chi connectivity index (χ0) is 17.8. The molecule has 1 atom stereocenters. The molecule has 2 aliphatic heterocycles. The Bertz CT molecular complexity index is 700. The lowest BCUT2D eigenvalue weighted by Crippen LogP contribution is -2.50. The van der Waals surface area contributed by atoms with Crippen LogP contribution < -0.4 is 10.2 Å². The van der Waals surface area contributed by atoms with E-state index in [2.05, 4.69) is 20.4 Å². The summed E-state index contributed by atoms with van der Waals surface area (Å²) in [7, 11) is 0. The number of nitrogens with zero attached hydrogens (tertiary/aromatic N) is 3. The van der Waals surface area contributed by atoms with E-state index < -0.39 is 0 Å². The minimum Gasteiger partial charge on any atom is -0.381 e. The molecule has 2 aliphatic rings. The summed E-state index contributed by atoms with van der Waals surface area (Å²) in [5, 5.41) is 7.92. The minimum absolute atomic E-state index is 0.239. The molecular weight excluding hydrogens is 335 g/mol. The SMILES string of the molecule is Fc1ccc(Cc2nc(N3CCCC(NC4CCOCC4)C3)no2)cc1. The van der Waals surface area contributed by atoms with Crippen molar-refractivity contribution < 1.29 is 13.7 Å². The summed E-state index contributed by atoms with van der Waals surface area (Å²) < 4.78 is 23.8. The average molecular weight is 360 g/mol. The normalized spacial score (nSPS) is 21.9. The van der Waals surface area contributed by atoms with Crippen molar-refractivity contribution in [3.05, 3.63) is 41.5 Å². The molecule has 2 saturated heterocycles. The Labute approximate surface area is 152 Å². The van der Waals surface area contributed by atoms with Gasteiger partial charge in [0, 0.05) is 38.4 Å². The Morgan fingerprint density at radius 3 is 2.73 bits per heavy atom. The smallest absolute Gasteiger partial charge is 0.266 e. The standard InChI is InChI=1S/C19H25FN4O2/c20-15-5-3-14(4-6-15)12-18-22-19(23-26-18)24-9-1-2-17(13-24)21-16-7-10-25-11-8-16/h3-6,16-17,21H,1-2,7-13H2. The zero-order valence-corrected chi connectivity index (χ0v) is 14.9. The van der Waals surface area contributed by atoms with E-state index in [9.17, 15) is 4.39 Å². The Kier molecular flexibility index (Phi) is 5.45. The van der Waals surface area contributed by atoms with Gasteiger partial charge in [0.2, 0.25) is 5.89 Å². The van der Waals surface area contributed by atoms with Gasteiger partial charge in [-0.3, -0.25) is 0 Å². The first kappa shape index (κ1) is 17.4. The second-order valence-electron chi connectivity index (χ2n) is 7.13. The molecule has 1 aromatic heterocycles. The third-order valence-corrected chi connectivity index (χ3v) is 5.12. The topological polar surface area (TPSA) is 63.4 Å². The molecule has 0 radical (unpaired) electrons. The predicted molar refractivity (Wildman–Crippen MR) is 95.7 cm³/mol. The van der Waals surface area contributed by atoms with E-state index in [0.717, 1.165) is 51.1 Å². The van der Waals surface area contributed by atoms with Crippen molar-refractivity contribution in [2.24, 2.45) is 0 Å². The van der Waals surface area contributed by atoms with E-state index in [1.165, 1.54) is 18.6 Å². The molecule has 0 bridgehead atoms. The summed E-state index contributed by atoms with van der Waals surface area (Å²) >= 11 is 0. The summed E-state index contributed by atoms with van der Waals surface area (Å²) in [6, 6.07) is 7.38. The van der Waals surface area contributed by atoms with Gasteiger partial charge in [0.1, 0.15) is 5.82 Å². The molecule has 4 rings (SSSR count). The van der Waals surface area contributed by atoms with Gasteiger partial charge in [-0.2, -0.15) is 4.98 Å². The van der Waals surface area contributed by atoms with Gasteiger partial charge in [-0.05, 0) is 48.5 Å². The number of ether oxygens (including phenoxy) is 1. The third kappa shape index (κ3) is 4.40. The fourth-order valence-corrected chi connectivity index (χ4v) is 3.72. The van der Waals surface area contributed by atoms with Crippen molar-refractivity contribution in [3.63, 3.8) is 0 Å². The largest absolute Gasteiger partial charge is 0.381 e. The summed E-state index contributed by atoms with van der Waals surface area (Å²) in [6.07, 6.45) is 4.97. The van der Waals surface area contributed by atoms with Crippen molar-refractivity contribution in [2.75, 3.05) is 31.2 Å². The first-order chi connectivity index (χ1) is 12.8. The van der Waals surface area contributed by atoms with Crippen molar-refractivity contribution in [3.8, 4) is 0 Å². The van der Waals surface area contributed by atoms with Gasteiger partial charge in [-0.15, -0.1) is 0 Å². The first-order valence-corrected chi connectivity index (χ1v) is 9.42. The number of halogens is 1. The van der Waals surface area contributed by atoms with E-state index in [1.54, 1.807) is 12.1 Å². The van der Waals surface area contributed by atoms with E-state index in [0.29, 0.717) is 30.3 Å². The van der Waals surface area contributed by atoms with Crippen LogP contribution in [-0.4, -0.2) is 48.5 Å². The molecule has 6 nitrogen and oxygen atoms in total. The molecule has 0 spiro atoms. The van der Waals surface area contributed by atoms with Crippen LogP contribution >= 0.6 is 0 Å². The molecule has 2 fully saturated rings. The molecule has 140 valence electrons. The summed E-state index contributed by atoms with van der Waals surface area (Å²) in [6.45, 7) is 3.55. The van der Waals surface area contributed by atoms with E-state index >= 15 is 0 Å². The van der Waals surface area contributed by atoms with E-state index in [1.807, 2.05) is 0 Å². The Morgan fingerprint density at radius 2 is 1.92 bits per heavy atom. The van der Waals surface area contributed by atoms with Gasteiger partial charge in [0.05, 0.1) is 6.42 Å². The van der Waals surface area contributed by atoms with Gasteiger partial charge < -0.3 is 19.5 Å². The molecular formula is C19H25FN4O2. The second kappa shape index (κ2) is 8.14. The Morgan fingerprint density at radius 1 is 1.12 bits per heavy atom. The molecule has 0 saturated carbocycles. The van der Waals surface area contributed by atoms with Gasteiger partial charge in [0.25, 0.3) is 5.95 Å². The van der Waals surface area contributed by atoms with Crippen LogP contribution in [0.25, 0.3) is 0 Å². The Balaban J connectivity index is 1.34. The van der Waals surface area contributed by atoms with Crippen LogP contribution in [0.15, 0.2) is 28.8 Å². The third-order valence-electron chi connectivity index (χ3n) is 5.12. The molecule has 3 heterocycles. The molecule has 1 unspecified atom stereocenters. The highest BCUT2D eigenvalue weighted by Gasteiger charge is 2.26. The van der Waals surface area contributed by atoms with Crippen LogP contribution in [0.3, 0.4) is 0 Å². The number of hydrogen-bond donors (Lipinski definition) is 1. The number of nitrogens with one attached hydrogen (secondary N) is 1. The maximum Gasteiger partial charge on any atom is 0.266 e. The predicted octanol–water partition coefficient (Wildman–Crippen LogP) is 2.54. The highest BCUT2D eigenvalue weighted by Crippen LogP contribution is 2.19. The van der Waals surface area contributed by atoms with Crippen LogP contribution in [-0.2, 0) is 11.2 Å². The lowest BCUT2D eigenvalue weighted by atomic mass is 10.0. The van der Waals surface area contributed by atoms with E-state index in [-0.39, 0.29) is 5.82 Å². The van der Waals surface area contributed by atoms with Crippen molar-refractivity contribution in [2.45, 2.75) is 44.2 Å². The molecule has 2 aromatic rings. The molecule has 1 N–H and O–H groups in total. The first-order valence-electron chi connectivity index (χ1n) is 9.42. The van der Waals surface area contributed by atoms with Crippen LogP contribution in [0, 0.1) is 5.82 Å². The number of hydrogen-bond acceptors (Lipinski definition) is 6. The summed E-state index contributed by atoms with van der Waals surface area (Å²) in [5.41, 5.74) is 0.958. The number of anilines is 1. The summed E-state index contributed by atoms with van der Waals surface area (Å²) in [4.78, 5) is 6.73. The highest BCUT2D eigenvalue weighted by atomic mass is 19.1. The summed E-state index contributed by atoms with van der Waals surface area (Å²) in [5.74, 6) is 0.975. The van der Waals surface area contributed by atoms with Gasteiger partial charge in [-0.1, -0.05) is 12.1 Å². The molecule has 7 heteroatoms. The van der Waals surface area contributed by atoms with Crippen molar-refractivity contribution in [1.29, 1.82) is 0 Å². The highest BCUT2D eigenvalue weighted by molar-refractivity contribution is 5.30. The Hall–Kier alpha value is -1.99. The van der Waals surface area contributed by atoms with Crippen molar-refractivity contribution in [1.82, 2.24) is 15.5 Å². The second-order valence-corrected chi connectivity index (χ2v) is 7.13. The lowest BCUT2D eigenvalue weighted by Gasteiger charge is -2.35. The fraction of sp³-hybridized carbons (Fsp3) is 0.579.